The molecule has 0 unspecified atom stereocenters. The molecule has 0 saturated heterocycles. The van der Waals surface area contributed by atoms with Gasteiger partial charge in [-0.1, -0.05) is 0 Å². The Morgan fingerprint density at radius 3 is 2.87 bits per heavy atom. The van der Waals surface area contributed by atoms with Crippen LogP contribution in [0.15, 0.2) is 9.40 Å². The molecule has 2 aromatic heterocycles. The number of carbonyl (C=O) groups is 1. The monoisotopic (exact) mass is 273 g/mol. The molecule has 0 saturated carbocycles. The molecule has 0 fully saturated rings. The molecule has 2 rings (SSSR count). The van der Waals surface area contributed by atoms with E-state index in [2.05, 4.69) is 36.1 Å². The van der Waals surface area contributed by atoms with Crippen molar-refractivity contribution in [1.29, 1.82) is 0 Å². The van der Waals surface area contributed by atoms with Crippen molar-refractivity contribution in [2.24, 2.45) is 0 Å². The van der Waals surface area contributed by atoms with Gasteiger partial charge in [0, 0.05) is 0 Å². The number of fused-ring (bicyclic) bond motifs is 1. The smallest absolute Gasteiger partial charge is 0.411 e. The summed E-state index contributed by atoms with van der Waals surface area (Å²) in [7, 11) is 0. The lowest BCUT2D eigenvalue weighted by Crippen LogP contribution is -2.16. The molecular weight excluding hydrogens is 270 g/mol. The molecule has 0 spiro atoms. The number of aromatic nitrogens is 4. The average molecular weight is 274 g/mol. The van der Waals surface area contributed by atoms with E-state index in [1.54, 1.807) is 0 Å². The van der Waals surface area contributed by atoms with Crippen LogP contribution >= 0.6 is 15.9 Å². The van der Waals surface area contributed by atoms with Gasteiger partial charge in [0.05, 0.1) is 0 Å². The Hall–Kier alpha value is -1.90. The summed E-state index contributed by atoms with van der Waals surface area (Å²) < 4.78 is 0.414. The number of H-pyrrole nitrogens is 2. The number of aromatic amines is 2. The molecule has 0 atom stereocenters. The summed E-state index contributed by atoms with van der Waals surface area (Å²) in [5.41, 5.74) is -0.147. The number of hydrogen-bond acceptors (Lipinski definition) is 4. The third-order valence-corrected chi connectivity index (χ3v) is 2.15. The fourth-order valence-electron chi connectivity index (χ4n) is 1.04. The van der Waals surface area contributed by atoms with Gasteiger partial charge in [-0.25, -0.2) is 9.78 Å². The number of nitrogens with one attached hydrogen (secondary N) is 3. The fraction of sp³-hybridized carbons (Fsp3) is 0. The first-order valence-corrected chi connectivity index (χ1v) is 4.51. The van der Waals surface area contributed by atoms with Crippen LogP contribution in [0.3, 0.4) is 0 Å². The summed E-state index contributed by atoms with van der Waals surface area (Å²) in [6, 6.07) is 0. The highest BCUT2D eigenvalue weighted by atomic mass is 79.9. The van der Waals surface area contributed by atoms with Gasteiger partial charge in [-0.3, -0.25) is 20.2 Å². The molecule has 0 radical (unpaired) electrons. The summed E-state index contributed by atoms with van der Waals surface area (Å²) in [5.74, 6) is -0.151. The number of anilines is 1. The van der Waals surface area contributed by atoms with E-state index in [4.69, 9.17) is 5.11 Å². The second-order valence-electron chi connectivity index (χ2n) is 2.58. The molecule has 0 aliphatic carbocycles. The predicted octanol–water partition coefficient (Wildman–Crippen LogP) is 0.499. The van der Waals surface area contributed by atoms with Crippen LogP contribution in [0.5, 0.6) is 0 Å². The zero-order chi connectivity index (χ0) is 11.0. The van der Waals surface area contributed by atoms with Crippen molar-refractivity contribution in [2.45, 2.75) is 0 Å². The van der Waals surface area contributed by atoms with E-state index in [9.17, 15) is 9.59 Å². The van der Waals surface area contributed by atoms with Crippen molar-refractivity contribution in [3.05, 3.63) is 15.0 Å². The first kappa shape index (κ1) is 9.65. The molecule has 8 nitrogen and oxygen atoms in total. The zero-order valence-corrected chi connectivity index (χ0v) is 8.62. The molecule has 0 aliphatic rings. The van der Waals surface area contributed by atoms with Crippen molar-refractivity contribution in [2.75, 3.05) is 5.32 Å². The number of nitrogens with zero attached hydrogens (tertiary/aromatic N) is 2. The summed E-state index contributed by atoms with van der Waals surface area (Å²) >= 11 is 3.09. The summed E-state index contributed by atoms with van der Waals surface area (Å²) in [6.45, 7) is 0. The zero-order valence-electron chi connectivity index (χ0n) is 7.04. The van der Waals surface area contributed by atoms with Gasteiger partial charge in [0.25, 0.3) is 5.56 Å². The van der Waals surface area contributed by atoms with Gasteiger partial charge < -0.3 is 5.11 Å². The van der Waals surface area contributed by atoms with Crippen LogP contribution in [0.4, 0.5) is 10.7 Å². The second-order valence-corrected chi connectivity index (χ2v) is 3.37. The maximum atomic E-state index is 11.4. The largest absolute Gasteiger partial charge is 0.465 e. The molecular formula is C6H4BrN5O3. The van der Waals surface area contributed by atoms with Gasteiger partial charge in [0.1, 0.15) is 10.1 Å². The van der Waals surface area contributed by atoms with E-state index in [1.807, 2.05) is 5.32 Å². The second kappa shape index (κ2) is 3.35. The van der Waals surface area contributed by atoms with Crippen LogP contribution < -0.4 is 10.9 Å². The van der Waals surface area contributed by atoms with Gasteiger partial charge in [-0.2, -0.15) is 5.10 Å². The van der Waals surface area contributed by atoms with E-state index in [0.717, 1.165) is 0 Å². The predicted molar refractivity (Wildman–Crippen MR) is 53.9 cm³/mol. The van der Waals surface area contributed by atoms with E-state index in [1.165, 1.54) is 0 Å². The van der Waals surface area contributed by atoms with Crippen LogP contribution in [0.2, 0.25) is 0 Å². The number of carboxylic acid groups (broad SMARTS) is 1. The fourth-order valence-corrected chi connectivity index (χ4v) is 1.41. The molecule has 0 bridgehead atoms. The minimum atomic E-state index is -1.31. The van der Waals surface area contributed by atoms with E-state index in [-0.39, 0.29) is 17.0 Å². The van der Waals surface area contributed by atoms with Gasteiger partial charge >= 0.3 is 6.09 Å². The molecule has 0 aliphatic heterocycles. The topological polar surface area (TPSA) is 124 Å². The first-order chi connectivity index (χ1) is 7.08. The lowest BCUT2D eigenvalue weighted by molar-refractivity contribution is 0.209. The molecule has 2 heterocycles. The van der Waals surface area contributed by atoms with Crippen LogP contribution in [0.1, 0.15) is 0 Å². The van der Waals surface area contributed by atoms with Crippen molar-refractivity contribution in [3.63, 3.8) is 0 Å². The van der Waals surface area contributed by atoms with E-state index in [0.29, 0.717) is 4.60 Å². The first-order valence-electron chi connectivity index (χ1n) is 3.72. The maximum Gasteiger partial charge on any atom is 0.411 e. The van der Waals surface area contributed by atoms with Crippen molar-refractivity contribution in [1.82, 2.24) is 20.2 Å². The van der Waals surface area contributed by atoms with E-state index >= 15 is 0 Å². The van der Waals surface area contributed by atoms with Crippen LogP contribution in [-0.2, 0) is 0 Å². The third-order valence-electron chi connectivity index (χ3n) is 1.59. The van der Waals surface area contributed by atoms with Crippen LogP contribution in [0.25, 0.3) is 11.0 Å². The third kappa shape index (κ3) is 1.68. The lowest BCUT2D eigenvalue weighted by Gasteiger charge is -1.98. The molecule has 0 aromatic carbocycles. The number of rotatable bonds is 1. The molecule has 2 aromatic rings. The standard InChI is InChI=1S/C6H4BrN5O3/c7-3-1-2(11-12-3)4(13)9-5(8-1)10-6(14)15/h(H,11,12)(H,14,15)(H2,8,9,10,13). The summed E-state index contributed by atoms with van der Waals surface area (Å²) in [6.07, 6.45) is -1.31. The van der Waals surface area contributed by atoms with Crippen LogP contribution in [0, 0.1) is 0 Å². The SMILES string of the molecule is O=C(O)Nc1nc2c(Br)[nH]nc2c(=O)[nH]1. The highest BCUT2D eigenvalue weighted by Crippen LogP contribution is 2.16. The summed E-state index contributed by atoms with van der Waals surface area (Å²) in [4.78, 5) is 27.8. The Bertz CT molecular complexity index is 588. The highest BCUT2D eigenvalue weighted by Gasteiger charge is 2.11. The Labute approximate surface area is 89.8 Å². The van der Waals surface area contributed by atoms with Gasteiger partial charge in [0.2, 0.25) is 5.95 Å². The van der Waals surface area contributed by atoms with Gasteiger partial charge in [-0.15, -0.1) is 0 Å². The van der Waals surface area contributed by atoms with Crippen molar-refractivity contribution >= 4 is 39.0 Å². The van der Waals surface area contributed by atoms with E-state index < -0.39 is 11.7 Å². The van der Waals surface area contributed by atoms with Crippen molar-refractivity contribution < 1.29 is 9.90 Å². The quantitative estimate of drug-likeness (QED) is 0.602. The average Bonchev–Trinajstić information content (AvgIpc) is 2.47. The molecule has 78 valence electrons. The molecule has 15 heavy (non-hydrogen) atoms. The minimum absolute atomic E-state index is 0.109. The molecule has 4 N–H and O–H groups in total. The van der Waals surface area contributed by atoms with Gasteiger partial charge in [-0.05, 0) is 15.9 Å². The Balaban J connectivity index is 2.65. The lowest BCUT2D eigenvalue weighted by atomic mass is 10.5. The highest BCUT2D eigenvalue weighted by molar-refractivity contribution is 9.10. The van der Waals surface area contributed by atoms with Crippen molar-refractivity contribution in [3.8, 4) is 0 Å². The number of hydrogen-bond donors (Lipinski definition) is 4. The Morgan fingerprint density at radius 1 is 1.47 bits per heavy atom. The van der Waals surface area contributed by atoms with Crippen LogP contribution in [-0.4, -0.2) is 31.4 Å². The number of halogens is 1. The van der Waals surface area contributed by atoms with Gasteiger partial charge in [0.15, 0.2) is 5.52 Å². The minimum Gasteiger partial charge on any atom is -0.465 e. The Morgan fingerprint density at radius 2 is 2.20 bits per heavy atom. The summed E-state index contributed by atoms with van der Waals surface area (Å²) in [5, 5.41) is 16.6. The Kier molecular flexibility index (Phi) is 2.15. The molecule has 9 heteroatoms. The molecule has 1 amide bonds. The maximum absolute atomic E-state index is 11.4. The number of amides is 1. The normalized spacial score (nSPS) is 10.5.